The number of aliphatic hydroxyl groups is 1. The molecule has 0 bridgehead atoms. The topological polar surface area (TPSA) is 329 Å². The van der Waals surface area contributed by atoms with Crippen LogP contribution in [0.25, 0.3) is 0 Å². The first kappa shape index (κ1) is 52.8. The molecule has 3 aliphatic heterocycles. The zero-order chi connectivity index (χ0) is 48.2. The van der Waals surface area contributed by atoms with E-state index in [0.717, 1.165) is 69.2 Å². The van der Waals surface area contributed by atoms with Crippen LogP contribution in [0.4, 0.5) is 0 Å². The molecule has 360 valence electrons. The molecule has 26 nitrogen and oxygen atoms in total. The van der Waals surface area contributed by atoms with E-state index < -0.39 is 172 Å². The van der Waals surface area contributed by atoms with Crippen molar-refractivity contribution < 1.29 is 124 Å². The van der Waals surface area contributed by atoms with E-state index in [1.807, 2.05) is 0 Å². The number of carbonyl (C=O) groups excluding carboxylic acids is 10. The summed E-state index contributed by atoms with van der Waals surface area (Å²) in [5.74, 6) is -9.61. The van der Waals surface area contributed by atoms with E-state index in [4.69, 9.17) is 71.1 Å². The Morgan fingerprint density at radius 1 is 0.328 bits per heavy atom. The molecule has 3 fully saturated rings. The van der Waals surface area contributed by atoms with E-state index in [2.05, 4.69) is 0 Å². The van der Waals surface area contributed by atoms with Gasteiger partial charge in [0.05, 0.1) is 0 Å². The molecule has 0 unspecified atom stereocenters. The number of hydrogen-bond acceptors (Lipinski definition) is 26. The second kappa shape index (κ2) is 23.9. The first-order valence-electron chi connectivity index (χ1n) is 19.4. The Morgan fingerprint density at radius 3 is 0.906 bits per heavy atom. The Hall–Kier alpha value is -5.54. The molecule has 3 rings (SSSR count). The van der Waals surface area contributed by atoms with Crippen LogP contribution in [0, 0.1) is 0 Å². The van der Waals surface area contributed by atoms with Crippen molar-refractivity contribution in [3.8, 4) is 0 Å². The third kappa shape index (κ3) is 15.6. The van der Waals surface area contributed by atoms with E-state index >= 15 is 0 Å². The van der Waals surface area contributed by atoms with Crippen LogP contribution in [0.1, 0.15) is 69.2 Å². The number of esters is 10. The summed E-state index contributed by atoms with van der Waals surface area (Å²) < 4.78 is 84.2. The summed E-state index contributed by atoms with van der Waals surface area (Å²) in [4.78, 5) is 124. The van der Waals surface area contributed by atoms with E-state index in [1.165, 1.54) is 0 Å². The van der Waals surface area contributed by atoms with Crippen molar-refractivity contribution in [3.63, 3.8) is 0 Å². The molecule has 0 saturated carbocycles. The van der Waals surface area contributed by atoms with E-state index in [-0.39, 0.29) is 0 Å². The number of ether oxygens (including phenoxy) is 15. The van der Waals surface area contributed by atoms with Crippen molar-refractivity contribution in [1.29, 1.82) is 0 Å². The van der Waals surface area contributed by atoms with Crippen LogP contribution in [-0.2, 0) is 119 Å². The van der Waals surface area contributed by atoms with Crippen LogP contribution >= 0.6 is 0 Å². The lowest BCUT2D eigenvalue weighted by Gasteiger charge is -2.50. The van der Waals surface area contributed by atoms with Gasteiger partial charge in [-0.3, -0.25) is 47.9 Å². The Morgan fingerprint density at radius 2 is 0.578 bits per heavy atom. The van der Waals surface area contributed by atoms with Gasteiger partial charge in [0.25, 0.3) is 0 Å². The number of carbonyl (C=O) groups is 10. The maximum absolute atomic E-state index is 12.9. The summed E-state index contributed by atoms with van der Waals surface area (Å²) >= 11 is 0. The predicted molar refractivity (Wildman–Crippen MR) is 197 cm³/mol. The zero-order valence-electron chi connectivity index (χ0n) is 36.4. The van der Waals surface area contributed by atoms with Gasteiger partial charge in [-0.05, 0) is 0 Å². The first-order chi connectivity index (χ1) is 29.9. The first-order valence-corrected chi connectivity index (χ1v) is 19.4. The second-order valence-corrected chi connectivity index (χ2v) is 14.3. The lowest BCUT2D eigenvalue weighted by Crippen LogP contribution is -2.68. The lowest BCUT2D eigenvalue weighted by atomic mass is 9.95. The molecule has 0 aromatic heterocycles. The van der Waals surface area contributed by atoms with Crippen LogP contribution in [-0.4, -0.2) is 177 Å². The third-order valence-electron chi connectivity index (χ3n) is 8.84. The Labute approximate surface area is 364 Å². The van der Waals surface area contributed by atoms with Crippen molar-refractivity contribution in [2.45, 2.75) is 161 Å². The quantitative estimate of drug-likeness (QED) is 0.123. The van der Waals surface area contributed by atoms with Crippen molar-refractivity contribution >= 4 is 59.7 Å². The number of hydrogen-bond donors (Lipinski definition) is 1. The molecule has 3 aliphatic rings. The number of rotatable bonds is 17. The summed E-state index contributed by atoms with van der Waals surface area (Å²) in [5, 5.41) is 10.9. The summed E-state index contributed by atoms with van der Waals surface area (Å²) in [6.45, 7) is 7.65. The van der Waals surface area contributed by atoms with Crippen molar-refractivity contribution in [3.05, 3.63) is 0 Å². The molecular weight excluding hydrogens is 872 g/mol. The smallest absolute Gasteiger partial charge is 0.303 e. The number of aliphatic hydroxyl groups excluding tert-OH is 1. The van der Waals surface area contributed by atoms with Crippen LogP contribution in [0.2, 0.25) is 0 Å². The fourth-order valence-corrected chi connectivity index (χ4v) is 6.77. The van der Waals surface area contributed by atoms with Crippen LogP contribution in [0.15, 0.2) is 0 Å². The van der Waals surface area contributed by atoms with E-state index in [9.17, 15) is 53.1 Å². The molecule has 0 spiro atoms. The van der Waals surface area contributed by atoms with Crippen molar-refractivity contribution in [2.75, 3.05) is 19.8 Å². The minimum absolute atomic E-state index is 0.681. The van der Waals surface area contributed by atoms with Crippen LogP contribution < -0.4 is 0 Å². The molecule has 64 heavy (non-hydrogen) atoms. The molecule has 0 radical (unpaired) electrons. The van der Waals surface area contributed by atoms with Crippen molar-refractivity contribution in [1.82, 2.24) is 0 Å². The van der Waals surface area contributed by atoms with Gasteiger partial charge in [-0.25, -0.2) is 0 Å². The van der Waals surface area contributed by atoms with Crippen molar-refractivity contribution in [2.24, 2.45) is 0 Å². The maximum atomic E-state index is 12.9. The Balaban J connectivity index is 2.28. The highest BCUT2D eigenvalue weighted by atomic mass is 16.8. The molecular formula is C38H52O26. The minimum atomic E-state index is -2.02. The summed E-state index contributed by atoms with van der Waals surface area (Å²) in [6.07, 6.45) is -27.2. The Bertz CT molecular complexity index is 1730. The van der Waals surface area contributed by atoms with Gasteiger partial charge in [0, 0.05) is 69.2 Å². The monoisotopic (exact) mass is 924 g/mol. The van der Waals surface area contributed by atoms with Gasteiger partial charge in [-0.15, -0.1) is 0 Å². The average Bonchev–Trinajstić information content (AvgIpc) is 3.15. The van der Waals surface area contributed by atoms with Gasteiger partial charge >= 0.3 is 59.7 Å². The van der Waals surface area contributed by atoms with Gasteiger partial charge in [0.15, 0.2) is 61.6 Å². The average molecular weight is 925 g/mol. The molecule has 0 aromatic carbocycles. The molecule has 0 amide bonds. The van der Waals surface area contributed by atoms with Gasteiger partial charge in [-0.2, -0.15) is 0 Å². The van der Waals surface area contributed by atoms with Crippen LogP contribution in [0.5, 0.6) is 0 Å². The maximum Gasteiger partial charge on any atom is 0.303 e. The van der Waals surface area contributed by atoms with Gasteiger partial charge in [0.2, 0.25) is 0 Å². The Kier molecular flexibility index (Phi) is 19.8. The van der Waals surface area contributed by atoms with E-state index in [1.54, 1.807) is 0 Å². The molecule has 15 atom stereocenters. The highest BCUT2D eigenvalue weighted by Crippen LogP contribution is 2.38. The van der Waals surface area contributed by atoms with Crippen LogP contribution in [0.3, 0.4) is 0 Å². The van der Waals surface area contributed by atoms with E-state index in [0.29, 0.717) is 0 Å². The molecule has 3 heterocycles. The summed E-state index contributed by atoms with van der Waals surface area (Å²) in [5.41, 5.74) is 0. The fourth-order valence-electron chi connectivity index (χ4n) is 6.77. The second-order valence-electron chi connectivity index (χ2n) is 14.3. The summed E-state index contributed by atoms with van der Waals surface area (Å²) in [7, 11) is 0. The standard InChI is InChI=1S/C38H52O26/c1-14(39)50-11-24-28(30(54-18(5)43)33(36(49)60-24)57-21(8)46)63-38-35(59-23(10)48)32(56-20(7)45)29(26(62-38)13-52-16(3)41)64-37-34(58-22(9)47)31(55-19(6)44)27(53-17(4)42)25(61-37)12-51-15(2)40/h24-38,49H,11-13H2,1-10H3/t24-,25-,26-,27+,28+,29+,30+,31+,32+,33-,34-,35-,36-,37-,38-/m1/s1. The zero-order valence-corrected chi connectivity index (χ0v) is 36.4. The predicted octanol–water partition coefficient (Wildman–Crippen LogP) is -1.86. The largest absolute Gasteiger partial charge is 0.463 e. The highest BCUT2D eigenvalue weighted by Gasteiger charge is 2.59. The summed E-state index contributed by atoms with van der Waals surface area (Å²) in [6, 6.07) is 0. The van der Waals surface area contributed by atoms with Gasteiger partial charge in [-0.1, -0.05) is 0 Å². The molecule has 0 aliphatic carbocycles. The SMILES string of the molecule is CC(=O)OC[C@H]1O[C@@H](O)[C@H](OC(C)=O)[C@@H](OC(C)=O)[C@H]1O[C@H]1O[C@H](COC(C)=O)[C@H](O[C@H]2O[C@H](COC(C)=O)[C@H](OC(C)=O)[C@H](OC(C)=O)[C@H]2OC(C)=O)[C@H](OC(C)=O)[C@H]1OC(C)=O. The molecule has 0 aromatic rings. The minimum Gasteiger partial charge on any atom is -0.463 e. The third-order valence-corrected chi connectivity index (χ3v) is 8.84. The normalized spacial score (nSPS) is 32.3. The molecule has 1 N–H and O–H groups in total. The van der Waals surface area contributed by atoms with Gasteiger partial charge in [0.1, 0.15) is 50.3 Å². The molecule has 3 saturated heterocycles. The fraction of sp³-hybridized carbons (Fsp3) is 0.737. The van der Waals surface area contributed by atoms with Gasteiger partial charge < -0.3 is 76.2 Å². The highest BCUT2D eigenvalue weighted by molar-refractivity contribution is 5.70. The molecule has 26 heteroatoms. The lowest BCUT2D eigenvalue weighted by molar-refractivity contribution is -0.378.